The summed E-state index contributed by atoms with van der Waals surface area (Å²) >= 11 is 0. The molecule has 192 valence electrons. The van der Waals surface area contributed by atoms with E-state index >= 15 is 0 Å². The lowest BCUT2D eigenvalue weighted by Gasteiger charge is -2.23. The molecule has 1 unspecified atom stereocenters. The highest BCUT2D eigenvalue weighted by molar-refractivity contribution is 5.87. The van der Waals surface area contributed by atoms with Crippen LogP contribution in [0, 0.1) is 0 Å². The molecule has 0 saturated heterocycles. The monoisotopic (exact) mass is 472 g/mol. The number of hydrogen-bond acceptors (Lipinski definition) is 8. The predicted octanol–water partition coefficient (Wildman–Crippen LogP) is 2.36. The molecule has 1 atom stereocenters. The van der Waals surface area contributed by atoms with Crippen molar-refractivity contribution in [3.63, 3.8) is 0 Å². The second-order valence-electron chi connectivity index (χ2n) is 9.64. The van der Waals surface area contributed by atoms with Gasteiger partial charge in [0.05, 0.1) is 0 Å². The van der Waals surface area contributed by atoms with E-state index in [1.807, 2.05) is 0 Å². The summed E-state index contributed by atoms with van der Waals surface area (Å²) in [4.78, 5) is 46.4. The molecule has 0 aromatic rings. The quantitative estimate of drug-likeness (QED) is 0.147. The van der Waals surface area contributed by atoms with Crippen molar-refractivity contribution in [2.75, 3.05) is 6.54 Å². The first-order chi connectivity index (χ1) is 15.2. The minimum absolute atomic E-state index is 0.102. The average molecular weight is 473 g/mol. The van der Waals surface area contributed by atoms with Crippen LogP contribution in [-0.2, 0) is 19.1 Å². The van der Waals surface area contributed by atoms with Gasteiger partial charge in [-0.1, -0.05) is 12.8 Å². The Labute approximate surface area is 197 Å². The van der Waals surface area contributed by atoms with E-state index in [9.17, 15) is 19.2 Å². The molecular formula is C23H44N4O6. The first-order valence-electron chi connectivity index (χ1n) is 11.8. The van der Waals surface area contributed by atoms with Gasteiger partial charge in [0.25, 0.3) is 0 Å². The number of carboxylic acids is 1. The van der Waals surface area contributed by atoms with Crippen molar-refractivity contribution in [2.24, 2.45) is 17.2 Å². The van der Waals surface area contributed by atoms with Gasteiger partial charge in [-0.3, -0.25) is 14.4 Å². The Balaban J connectivity index is 3.86. The lowest BCUT2D eigenvalue weighted by molar-refractivity contribution is -0.138. The summed E-state index contributed by atoms with van der Waals surface area (Å²) in [7, 11) is 0. The second-order valence-corrected chi connectivity index (χ2v) is 9.64. The third-order valence-electron chi connectivity index (χ3n) is 5.10. The van der Waals surface area contributed by atoms with Gasteiger partial charge in [0.15, 0.2) is 5.78 Å². The standard InChI is InChI=1S/C23H44N4O6/c1-22(2,3)33-21(32)27-16-10-4-5-14-19(29)23(25,26)15-9-8-12-17(28)11-6-7-13-18(24)20(30)31/h18H,4-16,24-26H2,1-3H3,(H,27,32)(H,30,31). The molecule has 0 bridgehead atoms. The number of nitrogens with one attached hydrogen (secondary N) is 1. The minimum atomic E-state index is -1.40. The first kappa shape index (κ1) is 31.0. The number of alkyl carbamates (subject to hydrolysis) is 1. The zero-order valence-electron chi connectivity index (χ0n) is 20.5. The van der Waals surface area contributed by atoms with E-state index in [2.05, 4.69) is 5.32 Å². The topological polar surface area (TPSA) is 188 Å². The van der Waals surface area contributed by atoms with Gasteiger partial charge in [-0.05, 0) is 65.7 Å². The summed E-state index contributed by atoms with van der Waals surface area (Å²) in [5.41, 5.74) is 15.4. The maximum absolute atomic E-state index is 12.3. The predicted molar refractivity (Wildman–Crippen MR) is 126 cm³/mol. The molecule has 0 fully saturated rings. The Morgan fingerprint density at radius 2 is 1.45 bits per heavy atom. The number of carboxylic acid groups (broad SMARTS) is 1. The van der Waals surface area contributed by atoms with Gasteiger partial charge in [0.2, 0.25) is 0 Å². The van der Waals surface area contributed by atoms with E-state index in [1.165, 1.54) is 0 Å². The van der Waals surface area contributed by atoms with Crippen molar-refractivity contribution in [2.45, 2.75) is 115 Å². The van der Waals surface area contributed by atoms with Crippen molar-refractivity contribution < 1.29 is 29.0 Å². The van der Waals surface area contributed by atoms with Gasteiger partial charge in [-0.25, -0.2) is 4.79 Å². The number of rotatable bonds is 18. The lowest BCUT2D eigenvalue weighted by atomic mass is 9.94. The summed E-state index contributed by atoms with van der Waals surface area (Å²) in [6, 6.07) is -0.881. The second kappa shape index (κ2) is 15.7. The van der Waals surface area contributed by atoms with Crippen LogP contribution in [0.4, 0.5) is 4.79 Å². The largest absolute Gasteiger partial charge is 0.480 e. The van der Waals surface area contributed by atoms with E-state index < -0.39 is 29.4 Å². The van der Waals surface area contributed by atoms with E-state index in [0.717, 1.165) is 12.8 Å². The van der Waals surface area contributed by atoms with Crippen molar-refractivity contribution in [1.82, 2.24) is 5.32 Å². The molecule has 33 heavy (non-hydrogen) atoms. The maximum Gasteiger partial charge on any atom is 0.407 e. The van der Waals surface area contributed by atoms with Crippen molar-refractivity contribution in [1.29, 1.82) is 0 Å². The van der Waals surface area contributed by atoms with Crippen LogP contribution in [0.3, 0.4) is 0 Å². The SMILES string of the molecule is CC(C)(C)OC(=O)NCCCCCC(=O)C(N)(N)CCCCC(=O)CCCCC(N)C(=O)O. The highest BCUT2D eigenvalue weighted by Crippen LogP contribution is 2.14. The Hall–Kier alpha value is -2.04. The molecule has 0 aromatic carbocycles. The van der Waals surface area contributed by atoms with Crippen molar-refractivity contribution in [3.05, 3.63) is 0 Å². The fourth-order valence-electron chi connectivity index (χ4n) is 3.14. The Morgan fingerprint density at radius 1 is 0.879 bits per heavy atom. The molecule has 0 aliphatic carbocycles. The fraction of sp³-hybridized carbons (Fsp3) is 0.826. The molecular weight excluding hydrogens is 428 g/mol. The Morgan fingerprint density at radius 3 is 2.03 bits per heavy atom. The third kappa shape index (κ3) is 17.1. The van der Waals surface area contributed by atoms with E-state index in [0.29, 0.717) is 64.3 Å². The molecule has 0 radical (unpaired) electrons. The number of amides is 1. The molecule has 10 heteroatoms. The summed E-state index contributed by atoms with van der Waals surface area (Å²) in [5, 5.41) is 11.4. The van der Waals surface area contributed by atoms with Gasteiger partial charge in [-0.15, -0.1) is 0 Å². The molecule has 10 nitrogen and oxygen atoms in total. The van der Waals surface area contributed by atoms with Gasteiger partial charge >= 0.3 is 12.1 Å². The number of aliphatic carboxylic acids is 1. The number of unbranched alkanes of at least 4 members (excludes halogenated alkanes) is 4. The summed E-state index contributed by atoms with van der Waals surface area (Å²) in [6.45, 7) is 5.87. The number of ketones is 2. The zero-order chi connectivity index (χ0) is 25.5. The lowest BCUT2D eigenvalue weighted by Crippen LogP contribution is -2.56. The molecule has 0 spiro atoms. The summed E-state index contributed by atoms with van der Waals surface area (Å²) in [5.74, 6) is -1.13. The zero-order valence-corrected chi connectivity index (χ0v) is 20.5. The number of nitrogens with two attached hydrogens (primary N) is 3. The molecule has 0 aromatic heterocycles. The molecule has 8 N–H and O–H groups in total. The van der Waals surface area contributed by atoms with Crippen molar-refractivity contribution in [3.8, 4) is 0 Å². The normalized spacial score (nSPS) is 12.8. The van der Waals surface area contributed by atoms with Crippen LogP contribution < -0.4 is 22.5 Å². The highest BCUT2D eigenvalue weighted by Gasteiger charge is 2.27. The smallest absolute Gasteiger partial charge is 0.407 e. The highest BCUT2D eigenvalue weighted by atomic mass is 16.6. The van der Waals surface area contributed by atoms with Gasteiger partial charge in [0.1, 0.15) is 23.1 Å². The Kier molecular flexibility index (Phi) is 14.8. The maximum atomic E-state index is 12.3. The van der Waals surface area contributed by atoms with Gasteiger partial charge in [0, 0.05) is 25.8 Å². The molecule has 0 aliphatic rings. The first-order valence-corrected chi connectivity index (χ1v) is 11.8. The average Bonchev–Trinajstić information content (AvgIpc) is 2.69. The van der Waals surface area contributed by atoms with Crippen LogP contribution in [0.2, 0.25) is 0 Å². The molecule has 0 saturated carbocycles. The van der Waals surface area contributed by atoms with Crippen LogP contribution in [0.25, 0.3) is 0 Å². The van der Waals surface area contributed by atoms with Gasteiger partial charge in [-0.2, -0.15) is 0 Å². The van der Waals surface area contributed by atoms with Crippen LogP contribution in [0.15, 0.2) is 0 Å². The van der Waals surface area contributed by atoms with E-state index in [4.69, 9.17) is 27.0 Å². The Bertz CT molecular complexity index is 631. The summed E-state index contributed by atoms with van der Waals surface area (Å²) in [6.07, 6.45) is 5.77. The molecule has 0 heterocycles. The van der Waals surface area contributed by atoms with Crippen LogP contribution in [-0.4, -0.2) is 52.6 Å². The molecule has 0 aliphatic heterocycles. The molecule has 1 amide bonds. The fourth-order valence-corrected chi connectivity index (χ4v) is 3.14. The van der Waals surface area contributed by atoms with E-state index in [1.54, 1.807) is 20.8 Å². The number of carbonyl (C=O) groups is 4. The minimum Gasteiger partial charge on any atom is -0.480 e. The van der Waals surface area contributed by atoms with Crippen molar-refractivity contribution >= 4 is 23.6 Å². The van der Waals surface area contributed by atoms with Crippen LogP contribution in [0.5, 0.6) is 0 Å². The number of Topliss-reactive ketones (excluding diaryl/α,β-unsaturated/α-hetero) is 2. The van der Waals surface area contributed by atoms with E-state index in [-0.39, 0.29) is 18.0 Å². The number of ether oxygens (including phenoxy) is 1. The number of hydrogen-bond donors (Lipinski definition) is 5. The van der Waals surface area contributed by atoms with Crippen LogP contribution in [0.1, 0.15) is 97.8 Å². The molecule has 0 rings (SSSR count). The summed E-state index contributed by atoms with van der Waals surface area (Å²) < 4.78 is 5.15. The number of carbonyl (C=O) groups excluding carboxylic acids is 3. The van der Waals surface area contributed by atoms with Crippen LogP contribution >= 0.6 is 0 Å². The van der Waals surface area contributed by atoms with Gasteiger partial charge < -0.3 is 32.4 Å². The third-order valence-corrected chi connectivity index (χ3v) is 5.10.